The molecule has 2 bridgehead atoms. The van der Waals surface area contributed by atoms with Crippen molar-refractivity contribution >= 4 is 35.4 Å². The van der Waals surface area contributed by atoms with Crippen molar-refractivity contribution in [2.45, 2.75) is 55.7 Å². The lowest BCUT2D eigenvalue weighted by Gasteiger charge is -2.57. The molecule has 2 aromatic rings. The average molecular weight is 579 g/mol. The van der Waals surface area contributed by atoms with Gasteiger partial charge in [-0.1, -0.05) is 48.0 Å². The molecular formula is C28H32ClFN2O8. The van der Waals surface area contributed by atoms with Crippen molar-refractivity contribution in [3.05, 3.63) is 70.5 Å². The number of rotatable bonds is 9. The van der Waals surface area contributed by atoms with Gasteiger partial charge in [-0.15, -0.1) is 0 Å². The highest BCUT2D eigenvalue weighted by molar-refractivity contribution is 6.34. The number of carbonyl (C=O) groups is 4. The summed E-state index contributed by atoms with van der Waals surface area (Å²) in [4.78, 5) is 45.9. The van der Waals surface area contributed by atoms with E-state index in [0.29, 0.717) is 0 Å². The van der Waals surface area contributed by atoms with Crippen LogP contribution in [0.4, 0.5) is 4.39 Å². The van der Waals surface area contributed by atoms with Crippen LogP contribution in [0.2, 0.25) is 5.02 Å². The molecule has 0 unspecified atom stereocenters. The Labute approximate surface area is 235 Å². The molecule has 0 spiro atoms. The minimum absolute atomic E-state index is 0.119. The second kappa shape index (κ2) is 12.8. The number of likely N-dealkylation sites (N-methyl/N-ethyl adjacent to an activating group) is 1. The first-order valence-corrected chi connectivity index (χ1v) is 13.1. The van der Waals surface area contributed by atoms with Crippen molar-refractivity contribution < 1.29 is 44.0 Å². The van der Waals surface area contributed by atoms with Gasteiger partial charge < -0.3 is 25.7 Å². The predicted molar refractivity (Wildman–Crippen MR) is 142 cm³/mol. The largest absolute Gasteiger partial charge is 0.481 e. The van der Waals surface area contributed by atoms with Gasteiger partial charge >= 0.3 is 17.9 Å². The fourth-order valence-electron chi connectivity index (χ4n) is 5.60. The summed E-state index contributed by atoms with van der Waals surface area (Å²) in [7, 11) is 2.16. The molecule has 216 valence electrons. The number of aliphatic hydroxyl groups is 1. The maximum Gasteiger partial charge on any atom is 0.336 e. The van der Waals surface area contributed by atoms with Gasteiger partial charge in [0.2, 0.25) is 0 Å². The number of carboxylic acids is 3. The molecule has 0 radical (unpaired) electrons. The molecule has 1 saturated carbocycles. The number of nitrogens with zero attached hydrogens (tertiary/aromatic N) is 1. The van der Waals surface area contributed by atoms with Crippen LogP contribution in [0, 0.1) is 11.7 Å². The molecule has 1 aliphatic carbocycles. The van der Waals surface area contributed by atoms with Gasteiger partial charge in [-0.25, -0.2) is 9.18 Å². The van der Waals surface area contributed by atoms with Crippen LogP contribution >= 0.6 is 11.6 Å². The van der Waals surface area contributed by atoms with Crippen LogP contribution in [-0.2, 0) is 14.4 Å². The highest BCUT2D eigenvalue weighted by Gasteiger charge is 2.50. The average Bonchev–Trinajstić information content (AvgIpc) is 2.89. The number of amides is 1. The van der Waals surface area contributed by atoms with Crippen molar-refractivity contribution in [2.75, 3.05) is 13.6 Å². The summed E-state index contributed by atoms with van der Waals surface area (Å²) < 4.78 is 13.8. The summed E-state index contributed by atoms with van der Waals surface area (Å²) in [5, 5.41) is 36.9. The molecule has 10 nitrogen and oxygen atoms in total. The van der Waals surface area contributed by atoms with E-state index < -0.39 is 42.2 Å². The molecule has 2 heterocycles. The third-order valence-electron chi connectivity index (χ3n) is 7.69. The van der Waals surface area contributed by atoms with E-state index in [4.69, 9.17) is 32.0 Å². The normalized spacial score (nSPS) is 21.1. The number of halogens is 2. The van der Waals surface area contributed by atoms with E-state index in [2.05, 4.69) is 29.4 Å². The van der Waals surface area contributed by atoms with Crippen LogP contribution in [0.15, 0.2) is 48.5 Å². The molecule has 2 saturated heterocycles. The number of aliphatic carboxylic acids is 3. The number of carbonyl (C=O) groups excluding carboxylic acids is 1. The molecule has 5 rings (SSSR count). The molecule has 0 aromatic heterocycles. The van der Waals surface area contributed by atoms with E-state index >= 15 is 0 Å². The third kappa shape index (κ3) is 6.96. The Kier molecular flexibility index (Phi) is 9.88. The summed E-state index contributed by atoms with van der Waals surface area (Å²) in [6, 6.07) is 14.3. The van der Waals surface area contributed by atoms with Gasteiger partial charge in [0.05, 0.1) is 29.5 Å². The monoisotopic (exact) mass is 578 g/mol. The molecule has 40 heavy (non-hydrogen) atoms. The zero-order chi connectivity index (χ0) is 29.7. The highest BCUT2D eigenvalue weighted by Crippen LogP contribution is 2.49. The summed E-state index contributed by atoms with van der Waals surface area (Å²) in [5.74, 6) is -5.17. The third-order valence-corrected chi connectivity index (χ3v) is 8.07. The highest BCUT2D eigenvalue weighted by atomic mass is 35.5. The molecule has 3 aliphatic rings. The first-order valence-electron chi connectivity index (χ1n) is 12.7. The van der Waals surface area contributed by atoms with Crippen LogP contribution in [0.5, 0.6) is 0 Å². The lowest BCUT2D eigenvalue weighted by molar-refractivity contribution is -0.170. The smallest absolute Gasteiger partial charge is 0.336 e. The number of benzene rings is 2. The van der Waals surface area contributed by atoms with Gasteiger partial charge in [0.15, 0.2) is 5.60 Å². The Morgan fingerprint density at radius 1 is 1.02 bits per heavy atom. The number of hydrogen-bond donors (Lipinski definition) is 5. The molecular weight excluding hydrogens is 547 g/mol. The summed E-state index contributed by atoms with van der Waals surface area (Å²) in [6.45, 7) is 1.06. The Morgan fingerprint density at radius 3 is 2.10 bits per heavy atom. The second-order valence-electron chi connectivity index (χ2n) is 10.3. The van der Waals surface area contributed by atoms with Gasteiger partial charge in [-0.05, 0) is 56.3 Å². The number of hydrogen-bond acceptors (Lipinski definition) is 6. The van der Waals surface area contributed by atoms with Crippen molar-refractivity contribution in [1.82, 2.24) is 10.2 Å². The Bertz CT molecular complexity index is 1230. The van der Waals surface area contributed by atoms with Crippen LogP contribution in [-0.4, -0.2) is 73.9 Å². The maximum absolute atomic E-state index is 13.8. The topological polar surface area (TPSA) is 164 Å². The van der Waals surface area contributed by atoms with Gasteiger partial charge in [0.25, 0.3) is 5.91 Å². The lowest BCUT2D eigenvalue weighted by atomic mass is 9.66. The first-order chi connectivity index (χ1) is 18.8. The zero-order valence-electron chi connectivity index (χ0n) is 21.8. The summed E-state index contributed by atoms with van der Waals surface area (Å²) in [5.41, 5.74) is -1.60. The van der Waals surface area contributed by atoms with Crippen molar-refractivity contribution in [1.29, 1.82) is 0 Å². The quantitative estimate of drug-likeness (QED) is 0.299. The Balaban J connectivity index is 0.000000289. The molecule has 2 aliphatic heterocycles. The van der Waals surface area contributed by atoms with Crippen molar-refractivity contribution in [3.63, 3.8) is 0 Å². The van der Waals surface area contributed by atoms with E-state index in [1.807, 2.05) is 18.2 Å². The van der Waals surface area contributed by atoms with E-state index in [-0.39, 0.29) is 28.1 Å². The van der Waals surface area contributed by atoms with E-state index in [9.17, 15) is 23.6 Å². The fourth-order valence-corrected chi connectivity index (χ4v) is 5.81. The van der Waals surface area contributed by atoms with Crippen LogP contribution < -0.4 is 5.32 Å². The van der Waals surface area contributed by atoms with Crippen LogP contribution in [0.1, 0.15) is 60.5 Å². The van der Waals surface area contributed by atoms with Gasteiger partial charge in [0, 0.05) is 12.1 Å². The standard InChI is InChI=1S/C22H24ClFN2O.C6H8O7/c1-26-14-15-10-12-22(26,13-11-15)20(16-6-3-2-4-7-16)25-21(27)17-8-5-9-18(24)19(17)23;7-3(8)1-6(13,5(11)12)2-4(9)10/h2-9,15,20H,10-14H2,1H3,(H,25,27);13H,1-2H2,(H,7,8)(H,9,10)(H,11,12)/t15?,20-,22?;/m1./s1. The summed E-state index contributed by atoms with van der Waals surface area (Å²) >= 11 is 6.06. The Hall–Kier alpha value is -3.54. The Morgan fingerprint density at radius 2 is 1.60 bits per heavy atom. The first kappa shape index (κ1) is 31.0. The molecule has 12 heteroatoms. The number of fused-ring (bicyclic) bond motifs is 3. The van der Waals surface area contributed by atoms with Gasteiger partial charge in [-0.2, -0.15) is 0 Å². The second-order valence-corrected chi connectivity index (χ2v) is 10.7. The number of piperidine rings is 2. The fraction of sp³-hybridized carbons (Fsp3) is 0.429. The maximum atomic E-state index is 13.8. The van der Waals surface area contributed by atoms with E-state index in [0.717, 1.165) is 30.9 Å². The zero-order valence-corrected chi connectivity index (χ0v) is 22.6. The molecule has 2 aromatic carbocycles. The van der Waals surface area contributed by atoms with Gasteiger partial charge in [0.1, 0.15) is 5.82 Å². The minimum Gasteiger partial charge on any atom is -0.481 e. The van der Waals surface area contributed by atoms with Crippen LogP contribution in [0.25, 0.3) is 0 Å². The SMILES string of the molecule is CN1CC2CCC1([C@H](NC(=O)c1cccc(F)c1Cl)c1ccccc1)CC2.O=C(O)CC(O)(CC(=O)O)C(=O)O. The van der Waals surface area contributed by atoms with Crippen LogP contribution in [0.3, 0.4) is 0 Å². The van der Waals surface area contributed by atoms with E-state index in [1.165, 1.54) is 25.0 Å². The minimum atomic E-state index is -2.74. The van der Waals surface area contributed by atoms with Crippen molar-refractivity contribution in [3.8, 4) is 0 Å². The number of carboxylic acid groups (broad SMARTS) is 3. The van der Waals surface area contributed by atoms with Gasteiger partial charge in [-0.3, -0.25) is 19.3 Å². The number of nitrogens with one attached hydrogen (secondary N) is 1. The molecule has 5 N–H and O–H groups in total. The molecule has 3 fully saturated rings. The van der Waals surface area contributed by atoms with Crippen molar-refractivity contribution in [2.24, 2.45) is 5.92 Å². The predicted octanol–water partition coefficient (Wildman–Crippen LogP) is 3.58. The lowest BCUT2D eigenvalue weighted by Crippen LogP contribution is -2.62. The summed E-state index contributed by atoms with van der Waals surface area (Å²) in [6.07, 6.45) is 2.17. The molecule has 1 atom stereocenters. The molecule has 1 amide bonds. The van der Waals surface area contributed by atoms with E-state index in [1.54, 1.807) is 6.07 Å².